The molecule has 1 fully saturated rings. The van der Waals surface area contributed by atoms with Crippen LogP contribution in [0.25, 0.3) is 6.08 Å². The van der Waals surface area contributed by atoms with Crippen molar-refractivity contribution in [3.8, 4) is 0 Å². The Kier molecular flexibility index (Phi) is 6.05. The Morgan fingerprint density at radius 1 is 0.893 bits per heavy atom. The molecule has 0 amide bonds. The monoisotopic (exact) mass is 372 g/mol. The molecule has 0 unspecified atom stereocenters. The molecule has 1 saturated heterocycles. The minimum Gasteiger partial charge on any atom is -0.378 e. The van der Waals surface area contributed by atoms with Crippen molar-refractivity contribution in [1.82, 2.24) is 9.88 Å². The molecule has 5 nitrogen and oxygen atoms in total. The van der Waals surface area contributed by atoms with E-state index in [1.807, 2.05) is 30.5 Å². The Balaban J connectivity index is 1.59. The summed E-state index contributed by atoms with van der Waals surface area (Å²) in [6.07, 6.45) is 9.63. The summed E-state index contributed by atoms with van der Waals surface area (Å²) in [6, 6.07) is 16.2. The van der Waals surface area contributed by atoms with Gasteiger partial charge in [0.05, 0.1) is 31.3 Å². The van der Waals surface area contributed by atoms with Crippen LogP contribution in [0.15, 0.2) is 81.8 Å². The molecule has 4 rings (SSSR count). The summed E-state index contributed by atoms with van der Waals surface area (Å²) in [5.74, 6) is 0. The molecule has 0 saturated carbocycles. The molecule has 0 radical (unpaired) electrons. The van der Waals surface area contributed by atoms with Crippen LogP contribution in [0.2, 0.25) is 0 Å². The van der Waals surface area contributed by atoms with Crippen LogP contribution < -0.4 is 0 Å². The van der Waals surface area contributed by atoms with Crippen LogP contribution in [-0.4, -0.2) is 48.6 Å². The van der Waals surface area contributed by atoms with Gasteiger partial charge in [0, 0.05) is 25.0 Å². The third-order valence-corrected chi connectivity index (χ3v) is 4.90. The van der Waals surface area contributed by atoms with Crippen molar-refractivity contribution >= 4 is 18.5 Å². The van der Waals surface area contributed by atoms with Gasteiger partial charge in [-0.15, -0.1) is 0 Å². The molecule has 0 spiro atoms. The van der Waals surface area contributed by atoms with E-state index in [4.69, 9.17) is 4.74 Å². The highest BCUT2D eigenvalue weighted by atomic mass is 16.5. The van der Waals surface area contributed by atoms with Gasteiger partial charge in [-0.05, 0) is 47.8 Å². The van der Waals surface area contributed by atoms with E-state index in [-0.39, 0.29) is 0 Å². The van der Waals surface area contributed by atoms with Crippen LogP contribution in [0.1, 0.15) is 24.1 Å². The SMILES string of the molecule is C(=N\N=C\c1ccccn1)/C1=C(N2CCOCC2)C(=C/c2ccccc2)/CC1. The van der Waals surface area contributed by atoms with Crippen LogP contribution in [0.5, 0.6) is 0 Å². The molecule has 1 aliphatic carbocycles. The molecule has 0 atom stereocenters. The number of nitrogens with zero attached hydrogens (tertiary/aromatic N) is 4. The lowest BCUT2D eigenvalue weighted by Gasteiger charge is -2.31. The Bertz CT molecular complexity index is 895. The number of hydrogen-bond acceptors (Lipinski definition) is 5. The molecule has 28 heavy (non-hydrogen) atoms. The molecule has 2 heterocycles. The van der Waals surface area contributed by atoms with Crippen LogP contribution in [0.4, 0.5) is 0 Å². The predicted molar refractivity (Wildman–Crippen MR) is 113 cm³/mol. The maximum atomic E-state index is 5.55. The highest BCUT2D eigenvalue weighted by molar-refractivity contribution is 5.84. The number of rotatable bonds is 5. The Morgan fingerprint density at radius 2 is 1.68 bits per heavy atom. The number of pyridine rings is 1. The van der Waals surface area contributed by atoms with Crippen LogP contribution in [0, 0.1) is 0 Å². The average Bonchev–Trinajstić information content (AvgIpc) is 3.15. The van der Waals surface area contributed by atoms with Gasteiger partial charge in [-0.1, -0.05) is 36.4 Å². The molecule has 2 aliphatic rings. The molecule has 5 heteroatoms. The quantitative estimate of drug-likeness (QED) is 0.590. The zero-order valence-corrected chi connectivity index (χ0v) is 15.9. The lowest BCUT2D eigenvalue weighted by atomic mass is 10.1. The summed E-state index contributed by atoms with van der Waals surface area (Å²) in [6.45, 7) is 3.36. The normalized spacial score (nSPS) is 19.4. The van der Waals surface area contributed by atoms with E-state index in [2.05, 4.69) is 50.4 Å². The lowest BCUT2D eigenvalue weighted by molar-refractivity contribution is 0.0548. The van der Waals surface area contributed by atoms with Crippen LogP contribution >= 0.6 is 0 Å². The topological polar surface area (TPSA) is 50.1 Å². The number of allylic oxidation sites excluding steroid dienone is 2. The molecule has 1 aromatic heterocycles. The van der Waals surface area contributed by atoms with Gasteiger partial charge in [-0.3, -0.25) is 4.98 Å². The number of aromatic nitrogens is 1. The van der Waals surface area contributed by atoms with E-state index >= 15 is 0 Å². The van der Waals surface area contributed by atoms with Gasteiger partial charge in [-0.2, -0.15) is 10.2 Å². The second-order valence-corrected chi connectivity index (χ2v) is 6.80. The standard InChI is InChI=1S/C23H24N4O/c1-2-6-19(7-3-1)16-20-9-10-21(23(20)27-12-14-28-15-13-27)17-25-26-18-22-8-4-5-11-24-22/h1-8,11,16-18H,9-10,12-15H2/b20-16+,25-17+,26-18+. The third kappa shape index (κ3) is 4.61. The van der Waals surface area contributed by atoms with E-state index in [0.717, 1.165) is 44.8 Å². The fourth-order valence-corrected chi connectivity index (χ4v) is 3.57. The van der Waals surface area contributed by atoms with Gasteiger partial charge in [0.1, 0.15) is 0 Å². The summed E-state index contributed by atoms with van der Waals surface area (Å²) in [4.78, 5) is 6.65. The summed E-state index contributed by atoms with van der Waals surface area (Å²) >= 11 is 0. The van der Waals surface area contributed by atoms with E-state index in [1.165, 1.54) is 22.4 Å². The fourth-order valence-electron chi connectivity index (χ4n) is 3.57. The molecule has 0 bridgehead atoms. The largest absolute Gasteiger partial charge is 0.378 e. The summed E-state index contributed by atoms with van der Waals surface area (Å²) < 4.78 is 5.55. The molecular weight excluding hydrogens is 348 g/mol. The fraction of sp³-hybridized carbons (Fsp3) is 0.261. The zero-order chi connectivity index (χ0) is 19.0. The summed E-state index contributed by atoms with van der Waals surface area (Å²) in [5.41, 5.74) is 5.93. The summed E-state index contributed by atoms with van der Waals surface area (Å²) in [5, 5.41) is 8.48. The first-order chi connectivity index (χ1) is 13.9. The predicted octanol–water partition coefficient (Wildman–Crippen LogP) is 3.95. The number of morpholine rings is 1. The van der Waals surface area contributed by atoms with Crippen LogP contribution in [-0.2, 0) is 4.74 Å². The minimum atomic E-state index is 0.768. The number of hydrogen-bond donors (Lipinski definition) is 0. The van der Waals surface area contributed by atoms with Crippen molar-refractivity contribution in [1.29, 1.82) is 0 Å². The van der Waals surface area contributed by atoms with E-state index in [0.29, 0.717) is 0 Å². The highest BCUT2D eigenvalue weighted by Crippen LogP contribution is 2.35. The van der Waals surface area contributed by atoms with E-state index in [9.17, 15) is 0 Å². The maximum Gasteiger partial charge on any atom is 0.0831 e. The first-order valence-corrected chi connectivity index (χ1v) is 9.69. The molecular formula is C23H24N4O. The second kappa shape index (κ2) is 9.24. The maximum absolute atomic E-state index is 5.55. The molecule has 1 aliphatic heterocycles. The third-order valence-electron chi connectivity index (χ3n) is 4.90. The highest BCUT2D eigenvalue weighted by Gasteiger charge is 2.25. The van der Waals surface area contributed by atoms with Gasteiger partial charge < -0.3 is 9.64 Å². The Labute approximate surface area is 165 Å². The number of benzene rings is 1. The molecule has 142 valence electrons. The molecule has 0 N–H and O–H groups in total. The van der Waals surface area contributed by atoms with Crippen molar-refractivity contribution < 1.29 is 4.74 Å². The van der Waals surface area contributed by atoms with E-state index < -0.39 is 0 Å². The molecule has 1 aromatic carbocycles. The second-order valence-electron chi connectivity index (χ2n) is 6.80. The van der Waals surface area contributed by atoms with Gasteiger partial charge in [0.15, 0.2) is 0 Å². The average molecular weight is 372 g/mol. The van der Waals surface area contributed by atoms with E-state index in [1.54, 1.807) is 12.4 Å². The first-order valence-electron chi connectivity index (χ1n) is 9.69. The van der Waals surface area contributed by atoms with Crippen molar-refractivity contribution in [3.05, 3.63) is 82.8 Å². The van der Waals surface area contributed by atoms with Gasteiger partial charge >= 0.3 is 0 Å². The van der Waals surface area contributed by atoms with Crippen molar-refractivity contribution in [2.45, 2.75) is 12.8 Å². The zero-order valence-electron chi connectivity index (χ0n) is 15.9. The van der Waals surface area contributed by atoms with Crippen LogP contribution in [0.3, 0.4) is 0 Å². The van der Waals surface area contributed by atoms with Crippen molar-refractivity contribution in [2.24, 2.45) is 10.2 Å². The molecule has 2 aromatic rings. The van der Waals surface area contributed by atoms with Gasteiger partial charge in [-0.25, -0.2) is 0 Å². The van der Waals surface area contributed by atoms with Crippen molar-refractivity contribution in [2.75, 3.05) is 26.3 Å². The minimum absolute atomic E-state index is 0.768. The summed E-state index contributed by atoms with van der Waals surface area (Å²) in [7, 11) is 0. The van der Waals surface area contributed by atoms with Gasteiger partial charge in [0.2, 0.25) is 0 Å². The van der Waals surface area contributed by atoms with Gasteiger partial charge in [0.25, 0.3) is 0 Å². The number of ether oxygens (including phenoxy) is 1. The smallest absolute Gasteiger partial charge is 0.0831 e. The van der Waals surface area contributed by atoms with Crippen molar-refractivity contribution in [3.63, 3.8) is 0 Å². The lowest BCUT2D eigenvalue weighted by Crippen LogP contribution is -2.36. The Hall–Kier alpha value is -3.05. The Morgan fingerprint density at radius 3 is 2.46 bits per heavy atom. The first kappa shape index (κ1) is 18.3.